The first-order valence-corrected chi connectivity index (χ1v) is 7.00. The molecule has 1 heterocycles. The molecule has 21 heavy (non-hydrogen) atoms. The number of Topliss-reactive ketones (excluding diaryl/α,β-unsaturated/α-hetero) is 1. The van der Waals surface area contributed by atoms with Crippen molar-refractivity contribution in [1.29, 1.82) is 0 Å². The Morgan fingerprint density at radius 1 is 1.29 bits per heavy atom. The summed E-state index contributed by atoms with van der Waals surface area (Å²) in [4.78, 5) is 12.4. The summed E-state index contributed by atoms with van der Waals surface area (Å²) in [6.07, 6.45) is -0.0494. The molecule has 1 N–H and O–H groups in total. The van der Waals surface area contributed by atoms with E-state index in [-0.39, 0.29) is 22.8 Å². The average Bonchev–Trinajstić information content (AvgIpc) is 2.51. The number of halogens is 2. The molecule has 0 spiro atoms. The van der Waals surface area contributed by atoms with Gasteiger partial charge in [0.15, 0.2) is 11.5 Å². The number of hydrogen-bond donors (Lipinski definition) is 1. The second-order valence-corrected chi connectivity index (χ2v) is 5.18. The molecular formula is C16H13ClFNO2. The quantitative estimate of drug-likeness (QED) is 0.879. The number of anilines is 1. The van der Waals surface area contributed by atoms with Crippen molar-refractivity contribution in [3.63, 3.8) is 0 Å². The van der Waals surface area contributed by atoms with E-state index < -0.39 is 5.82 Å². The molecule has 3 rings (SSSR count). The Balaban J connectivity index is 1.91. The highest BCUT2D eigenvalue weighted by atomic mass is 35.5. The van der Waals surface area contributed by atoms with E-state index in [0.717, 1.165) is 5.69 Å². The summed E-state index contributed by atoms with van der Waals surface area (Å²) in [5.74, 6) is -0.204. The Morgan fingerprint density at radius 3 is 2.95 bits per heavy atom. The van der Waals surface area contributed by atoms with Crippen LogP contribution in [-0.2, 0) is 6.42 Å². The maximum absolute atomic E-state index is 13.9. The molecule has 2 aromatic rings. The van der Waals surface area contributed by atoms with Gasteiger partial charge in [0.1, 0.15) is 12.4 Å². The van der Waals surface area contributed by atoms with Gasteiger partial charge in [0.25, 0.3) is 0 Å². The van der Waals surface area contributed by atoms with Crippen LogP contribution in [0.15, 0.2) is 36.4 Å². The number of ketones is 1. The summed E-state index contributed by atoms with van der Waals surface area (Å²) < 4.78 is 19.5. The zero-order valence-corrected chi connectivity index (χ0v) is 11.9. The van der Waals surface area contributed by atoms with Crippen molar-refractivity contribution in [2.75, 3.05) is 18.5 Å². The van der Waals surface area contributed by atoms with Crippen LogP contribution in [-0.4, -0.2) is 18.9 Å². The normalized spacial score (nSPS) is 13.0. The Bertz CT molecular complexity index is 703. The Labute approximate surface area is 126 Å². The molecule has 1 aliphatic rings. The van der Waals surface area contributed by atoms with Crippen LogP contribution in [0.2, 0.25) is 5.02 Å². The molecule has 0 aromatic heterocycles. The minimum Gasteiger partial charge on any atom is -0.489 e. The van der Waals surface area contributed by atoms with E-state index in [0.29, 0.717) is 24.5 Å². The SMILES string of the molecule is O=C(Cc1cccc(Cl)c1F)c1cccc2c1OCCN2. The van der Waals surface area contributed by atoms with Gasteiger partial charge in [-0.15, -0.1) is 0 Å². The molecule has 1 aliphatic heterocycles. The molecule has 3 nitrogen and oxygen atoms in total. The number of hydrogen-bond acceptors (Lipinski definition) is 3. The van der Waals surface area contributed by atoms with E-state index >= 15 is 0 Å². The lowest BCUT2D eigenvalue weighted by Gasteiger charge is -2.21. The van der Waals surface area contributed by atoms with Gasteiger partial charge in [-0.2, -0.15) is 0 Å². The summed E-state index contributed by atoms with van der Waals surface area (Å²) in [5.41, 5.74) is 1.53. The molecule has 0 radical (unpaired) electrons. The standard InChI is InChI=1S/C16H13ClFNO2/c17-12-5-1-3-10(15(12)18)9-14(20)11-4-2-6-13-16(11)21-8-7-19-13/h1-6,19H,7-9H2. The molecule has 0 fully saturated rings. The molecule has 0 aliphatic carbocycles. The van der Waals surface area contributed by atoms with Crippen molar-refractivity contribution >= 4 is 23.1 Å². The fourth-order valence-corrected chi connectivity index (χ4v) is 2.54. The topological polar surface area (TPSA) is 38.3 Å². The van der Waals surface area contributed by atoms with Crippen molar-refractivity contribution in [3.05, 3.63) is 58.4 Å². The number of fused-ring (bicyclic) bond motifs is 1. The Kier molecular flexibility index (Phi) is 3.80. The van der Waals surface area contributed by atoms with Gasteiger partial charge in [-0.05, 0) is 23.8 Å². The first-order chi connectivity index (χ1) is 10.2. The minimum atomic E-state index is -0.545. The summed E-state index contributed by atoms with van der Waals surface area (Å²) in [6, 6.07) is 9.98. The van der Waals surface area contributed by atoms with Crippen LogP contribution in [0.5, 0.6) is 5.75 Å². The lowest BCUT2D eigenvalue weighted by molar-refractivity contribution is 0.0988. The number of ether oxygens (including phenoxy) is 1. The van der Waals surface area contributed by atoms with Gasteiger partial charge in [-0.3, -0.25) is 4.79 Å². The predicted molar refractivity (Wildman–Crippen MR) is 79.9 cm³/mol. The molecule has 0 bridgehead atoms. The zero-order valence-electron chi connectivity index (χ0n) is 11.2. The van der Waals surface area contributed by atoms with E-state index in [4.69, 9.17) is 16.3 Å². The van der Waals surface area contributed by atoms with Crippen molar-refractivity contribution < 1.29 is 13.9 Å². The minimum absolute atomic E-state index is 0.0216. The first-order valence-electron chi connectivity index (χ1n) is 6.62. The molecule has 2 aromatic carbocycles. The van der Waals surface area contributed by atoms with Gasteiger partial charge in [0.2, 0.25) is 0 Å². The fraction of sp³-hybridized carbons (Fsp3) is 0.188. The second kappa shape index (κ2) is 5.74. The number of carbonyl (C=O) groups is 1. The largest absolute Gasteiger partial charge is 0.489 e. The maximum Gasteiger partial charge on any atom is 0.171 e. The molecular weight excluding hydrogens is 293 g/mol. The van der Waals surface area contributed by atoms with Gasteiger partial charge in [0.05, 0.1) is 16.3 Å². The third-order valence-corrected chi connectivity index (χ3v) is 3.65. The summed E-state index contributed by atoms with van der Waals surface area (Å²) in [5, 5.41) is 3.19. The lowest BCUT2D eigenvalue weighted by Crippen LogP contribution is -2.20. The van der Waals surface area contributed by atoms with Crippen molar-refractivity contribution in [1.82, 2.24) is 0 Å². The third-order valence-electron chi connectivity index (χ3n) is 3.36. The van der Waals surface area contributed by atoms with Crippen LogP contribution < -0.4 is 10.1 Å². The molecule has 0 amide bonds. The van der Waals surface area contributed by atoms with Crippen molar-refractivity contribution in [3.8, 4) is 5.75 Å². The highest BCUT2D eigenvalue weighted by Gasteiger charge is 2.20. The average molecular weight is 306 g/mol. The predicted octanol–water partition coefficient (Wildman–Crippen LogP) is 3.71. The van der Waals surface area contributed by atoms with E-state index in [1.54, 1.807) is 24.3 Å². The molecule has 0 atom stereocenters. The van der Waals surface area contributed by atoms with E-state index in [2.05, 4.69) is 5.32 Å². The molecule has 0 saturated heterocycles. The molecule has 5 heteroatoms. The van der Waals surface area contributed by atoms with Gasteiger partial charge in [0, 0.05) is 13.0 Å². The van der Waals surface area contributed by atoms with Crippen molar-refractivity contribution in [2.45, 2.75) is 6.42 Å². The first kappa shape index (κ1) is 13.9. The highest BCUT2D eigenvalue weighted by molar-refractivity contribution is 6.30. The van der Waals surface area contributed by atoms with Gasteiger partial charge >= 0.3 is 0 Å². The fourth-order valence-electron chi connectivity index (χ4n) is 2.34. The van der Waals surface area contributed by atoms with Crippen LogP contribution >= 0.6 is 11.6 Å². The molecule has 0 saturated carbocycles. The lowest BCUT2D eigenvalue weighted by atomic mass is 10.0. The third kappa shape index (κ3) is 2.72. The number of carbonyl (C=O) groups excluding carboxylic acids is 1. The number of benzene rings is 2. The van der Waals surface area contributed by atoms with Crippen LogP contribution in [0.1, 0.15) is 15.9 Å². The van der Waals surface area contributed by atoms with E-state index in [9.17, 15) is 9.18 Å². The van der Waals surface area contributed by atoms with E-state index in [1.807, 2.05) is 6.07 Å². The highest BCUT2D eigenvalue weighted by Crippen LogP contribution is 2.32. The monoisotopic (exact) mass is 305 g/mol. The summed E-state index contributed by atoms with van der Waals surface area (Å²) in [6.45, 7) is 1.20. The second-order valence-electron chi connectivity index (χ2n) is 4.77. The molecule has 108 valence electrons. The van der Waals surface area contributed by atoms with Crippen LogP contribution in [0.4, 0.5) is 10.1 Å². The summed E-state index contributed by atoms with van der Waals surface area (Å²) in [7, 11) is 0. The van der Waals surface area contributed by atoms with Gasteiger partial charge < -0.3 is 10.1 Å². The van der Waals surface area contributed by atoms with Crippen LogP contribution in [0.25, 0.3) is 0 Å². The smallest absolute Gasteiger partial charge is 0.171 e. The summed E-state index contributed by atoms with van der Waals surface area (Å²) >= 11 is 5.74. The number of rotatable bonds is 3. The zero-order chi connectivity index (χ0) is 14.8. The van der Waals surface area contributed by atoms with Crippen LogP contribution in [0, 0.1) is 5.82 Å². The Morgan fingerprint density at radius 2 is 2.10 bits per heavy atom. The van der Waals surface area contributed by atoms with Crippen LogP contribution in [0.3, 0.4) is 0 Å². The number of nitrogens with one attached hydrogen (secondary N) is 1. The van der Waals surface area contributed by atoms with Crippen molar-refractivity contribution in [2.24, 2.45) is 0 Å². The van der Waals surface area contributed by atoms with Gasteiger partial charge in [-0.1, -0.05) is 29.8 Å². The molecule has 0 unspecified atom stereocenters. The maximum atomic E-state index is 13.9. The van der Waals surface area contributed by atoms with E-state index in [1.165, 1.54) is 6.07 Å². The Hall–Kier alpha value is -2.07. The number of para-hydroxylation sites is 1. The van der Waals surface area contributed by atoms with Gasteiger partial charge in [-0.25, -0.2) is 4.39 Å².